The van der Waals surface area contributed by atoms with Gasteiger partial charge in [-0.3, -0.25) is 9.29 Å². The highest BCUT2D eigenvalue weighted by Gasteiger charge is 2.19. The van der Waals surface area contributed by atoms with Gasteiger partial charge in [0.05, 0.1) is 5.02 Å². The lowest BCUT2D eigenvalue weighted by molar-refractivity contribution is 0.601. The number of nitrogens with zero attached hydrogens (tertiary/aromatic N) is 2. The fourth-order valence-corrected chi connectivity index (χ4v) is 4.45. The van der Waals surface area contributed by atoms with E-state index < -0.39 is 10.0 Å². The molecule has 5 nitrogen and oxygen atoms in total. The van der Waals surface area contributed by atoms with E-state index in [1.54, 1.807) is 35.8 Å². The van der Waals surface area contributed by atoms with Gasteiger partial charge in [-0.05, 0) is 48.9 Å². The lowest BCUT2D eigenvalue weighted by Gasteiger charge is -2.12. The van der Waals surface area contributed by atoms with Crippen LogP contribution in [0.15, 0.2) is 47.6 Å². The molecule has 0 saturated heterocycles. The Bertz CT molecular complexity index is 1080. The third-order valence-electron chi connectivity index (χ3n) is 3.57. The lowest BCUT2D eigenvalue weighted by Crippen LogP contribution is -2.13. The first-order valence-corrected chi connectivity index (χ1v) is 10.2. The van der Waals surface area contributed by atoms with Crippen LogP contribution in [0, 0.1) is 6.92 Å². The molecule has 0 fully saturated rings. The van der Waals surface area contributed by atoms with E-state index in [0.717, 1.165) is 0 Å². The summed E-state index contributed by atoms with van der Waals surface area (Å²) in [5.41, 5.74) is 1.65. The third kappa shape index (κ3) is 3.80. The maximum Gasteiger partial charge on any atom is 0.263 e. The number of sulfonamides is 1. The van der Waals surface area contributed by atoms with Gasteiger partial charge in [0.25, 0.3) is 10.0 Å². The predicted octanol–water partition coefficient (Wildman–Crippen LogP) is 5.60. The van der Waals surface area contributed by atoms with Gasteiger partial charge in [-0.1, -0.05) is 46.4 Å². The molecule has 1 heterocycles. The van der Waals surface area contributed by atoms with Gasteiger partial charge in [0.15, 0.2) is 10.3 Å². The Morgan fingerprint density at radius 2 is 1.65 bits per heavy atom. The van der Waals surface area contributed by atoms with Crippen LogP contribution in [-0.2, 0) is 10.0 Å². The Morgan fingerprint density at radius 1 is 1.00 bits per heavy atom. The van der Waals surface area contributed by atoms with Crippen LogP contribution in [0.5, 0.6) is 0 Å². The summed E-state index contributed by atoms with van der Waals surface area (Å²) in [7, 11) is -3.87. The number of anilines is 1. The summed E-state index contributed by atoms with van der Waals surface area (Å²) >= 11 is 23.9. The number of aromatic nitrogens is 2. The van der Waals surface area contributed by atoms with Crippen molar-refractivity contribution in [3.8, 4) is 5.69 Å². The molecule has 3 rings (SSSR count). The second-order valence-electron chi connectivity index (χ2n) is 5.38. The number of benzene rings is 2. The quantitative estimate of drug-likeness (QED) is 0.562. The van der Waals surface area contributed by atoms with E-state index in [4.69, 9.17) is 46.4 Å². The molecular weight excluding hydrogens is 440 g/mol. The molecule has 1 aromatic heterocycles. The molecule has 0 spiro atoms. The van der Waals surface area contributed by atoms with E-state index in [-0.39, 0.29) is 20.2 Å². The first-order valence-electron chi connectivity index (χ1n) is 7.16. The zero-order valence-electron chi connectivity index (χ0n) is 13.2. The first-order chi connectivity index (χ1) is 12.2. The molecule has 0 saturated carbocycles. The zero-order valence-corrected chi connectivity index (χ0v) is 17.0. The minimum atomic E-state index is -3.87. The summed E-state index contributed by atoms with van der Waals surface area (Å²) in [5, 5.41) is 0.895. The highest BCUT2D eigenvalue weighted by Crippen LogP contribution is 2.30. The number of halogens is 4. The summed E-state index contributed by atoms with van der Waals surface area (Å²) < 4.78 is 29.3. The molecule has 136 valence electrons. The summed E-state index contributed by atoms with van der Waals surface area (Å²) in [5.74, 6) is 0. The summed E-state index contributed by atoms with van der Waals surface area (Å²) in [6.07, 6.45) is 1.47. The molecule has 0 aliphatic rings. The maximum atomic E-state index is 12.6. The van der Waals surface area contributed by atoms with E-state index in [1.165, 1.54) is 18.5 Å². The maximum absolute atomic E-state index is 12.6. The lowest BCUT2D eigenvalue weighted by atomic mass is 10.2. The molecule has 0 atom stereocenters. The molecule has 0 aliphatic heterocycles. The second kappa shape index (κ2) is 7.29. The minimum absolute atomic E-state index is 0.0459. The van der Waals surface area contributed by atoms with Crippen LogP contribution in [0.1, 0.15) is 5.56 Å². The van der Waals surface area contributed by atoms with Crippen LogP contribution in [0.25, 0.3) is 5.69 Å². The van der Waals surface area contributed by atoms with Crippen molar-refractivity contribution in [2.24, 2.45) is 0 Å². The number of hydrogen-bond donors (Lipinski definition) is 1. The van der Waals surface area contributed by atoms with Crippen LogP contribution in [-0.4, -0.2) is 18.0 Å². The molecule has 3 aromatic rings. The predicted molar refractivity (Wildman–Crippen MR) is 106 cm³/mol. The largest absolute Gasteiger partial charge is 0.288 e. The molecule has 2 aromatic carbocycles. The van der Waals surface area contributed by atoms with Crippen molar-refractivity contribution in [1.29, 1.82) is 0 Å². The van der Waals surface area contributed by atoms with Crippen LogP contribution in [0.3, 0.4) is 0 Å². The molecule has 10 heteroatoms. The number of rotatable bonds is 4. The standard InChI is InChI=1S/C16H11Cl4N3O2S/c1-9-6-14(13(18)7-12(9)17)26(24,25)22-10-2-4-11(5-3-10)23-8-21-15(19)16(23)20/h2-8,22H,1H3. The van der Waals surface area contributed by atoms with Crippen LogP contribution < -0.4 is 4.72 Å². The second-order valence-corrected chi connectivity index (χ2v) is 8.56. The van der Waals surface area contributed by atoms with Gasteiger partial charge in [0, 0.05) is 16.4 Å². The fraction of sp³-hybridized carbons (Fsp3) is 0.0625. The summed E-state index contributed by atoms with van der Waals surface area (Å²) in [6.45, 7) is 1.70. The fourth-order valence-electron chi connectivity index (χ4n) is 2.23. The highest BCUT2D eigenvalue weighted by molar-refractivity contribution is 7.92. The number of nitrogens with one attached hydrogen (secondary N) is 1. The highest BCUT2D eigenvalue weighted by atomic mass is 35.5. The average molecular weight is 451 g/mol. The minimum Gasteiger partial charge on any atom is -0.288 e. The van der Waals surface area contributed by atoms with E-state index in [1.807, 2.05) is 0 Å². The smallest absolute Gasteiger partial charge is 0.263 e. The number of hydrogen-bond acceptors (Lipinski definition) is 3. The SMILES string of the molecule is Cc1cc(S(=O)(=O)Nc2ccc(-n3cnc(Cl)c3Cl)cc2)c(Cl)cc1Cl. The van der Waals surface area contributed by atoms with E-state index in [0.29, 0.717) is 22.0 Å². The summed E-state index contributed by atoms with van der Waals surface area (Å²) in [6, 6.07) is 9.37. The summed E-state index contributed by atoms with van der Waals surface area (Å²) in [4.78, 5) is 3.85. The molecule has 0 amide bonds. The van der Waals surface area contributed by atoms with Gasteiger partial charge < -0.3 is 0 Å². The molecule has 0 radical (unpaired) electrons. The van der Waals surface area contributed by atoms with Crippen LogP contribution in [0.2, 0.25) is 20.4 Å². The van der Waals surface area contributed by atoms with E-state index in [2.05, 4.69) is 9.71 Å². The van der Waals surface area contributed by atoms with Crippen molar-refractivity contribution in [2.75, 3.05) is 4.72 Å². The average Bonchev–Trinajstić information content (AvgIpc) is 2.91. The molecule has 26 heavy (non-hydrogen) atoms. The van der Waals surface area contributed by atoms with Gasteiger partial charge in [-0.25, -0.2) is 13.4 Å². The Hall–Kier alpha value is -1.44. The monoisotopic (exact) mass is 449 g/mol. The van der Waals surface area contributed by atoms with Gasteiger partial charge in [0.1, 0.15) is 11.2 Å². The Kier molecular flexibility index (Phi) is 5.42. The van der Waals surface area contributed by atoms with E-state index >= 15 is 0 Å². The van der Waals surface area contributed by atoms with Gasteiger partial charge >= 0.3 is 0 Å². The molecular formula is C16H11Cl4N3O2S. The van der Waals surface area contributed by atoms with E-state index in [9.17, 15) is 8.42 Å². The topological polar surface area (TPSA) is 64.0 Å². The molecule has 0 unspecified atom stereocenters. The van der Waals surface area contributed by atoms with Gasteiger partial charge in [0.2, 0.25) is 0 Å². The Labute approximate surface area is 170 Å². The van der Waals surface area contributed by atoms with Crippen molar-refractivity contribution in [2.45, 2.75) is 11.8 Å². The normalized spacial score (nSPS) is 11.6. The van der Waals surface area contributed by atoms with Gasteiger partial charge in [-0.15, -0.1) is 0 Å². The van der Waals surface area contributed by atoms with Crippen molar-refractivity contribution in [1.82, 2.24) is 9.55 Å². The van der Waals surface area contributed by atoms with Crippen LogP contribution >= 0.6 is 46.4 Å². The third-order valence-corrected chi connectivity index (χ3v) is 6.56. The Morgan fingerprint density at radius 3 is 2.23 bits per heavy atom. The zero-order chi connectivity index (χ0) is 19.1. The van der Waals surface area contributed by atoms with Crippen molar-refractivity contribution < 1.29 is 8.42 Å². The van der Waals surface area contributed by atoms with Crippen molar-refractivity contribution >= 4 is 62.1 Å². The molecule has 1 N–H and O–H groups in total. The number of aryl methyl sites for hydroxylation is 1. The van der Waals surface area contributed by atoms with Crippen molar-refractivity contribution in [3.63, 3.8) is 0 Å². The molecule has 0 aliphatic carbocycles. The molecule has 0 bridgehead atoms. The van der Waals surface area contributed by atoms with Crippen molar-refractivity contribution in [3.05, 3.63) is 68.6 Å². The van der Waals surface area contributed by atoms with Crippen LogP contribution in [0.4, 0.5) is 5.69 Å². The Balaban J connectivity index is 1.89. The number of imidazole rings is 1. The van der Waals surface area contributed by atoms with Gasteiger partial charge in [-0.2, -0.15) is 0 Å². The first kappa shape index (κ1) is 19.3.